The third-order valence-electron chi connectivity index (χ3n) is 4.39. The molecule has 0 aliphatic carbocycles. The molecule has 0 aliphatic rings. The van der Waals surface area contributed by atoms with Crippen LogP contribution in [0.15, 0.2) is 35.6 Å². The van der Waals surface area contributed by atoms with Crippen molar-refractivity contribution in [2.24, 2.45) is 0 Å². The predicted octanol–water partition coefficient (Wildman–Crippen LogP) is 3.64. The molecule has 0 fully saturated rings. The molecule has 2 N–H and O–H groups in total. The fourth-order valence-electron chi connectivity index (χ4n) is 2.89. The maximum atomic E-state index is 12.2. The highest BCUT2D eigenvalue weighted by molar-refractivity contribution is 8.00. The molecule has 4 aromatic rings. The molecule has 0 saturated carbocycles. The molecule has 0 bridgehead atoms. The number of aromatic amines is 1. The van der Waals surface area contributed by atoms with Crippen molar-refractivity contribution in [1.82, 2.24) is 25.3 Å². The third-order valence-corrected chi connectivity index (χ3v) is 6.50. The highest BCUT2D eigenvalue weighted by atomic mass is 32.2. The predicted molar refractivity (Wildman–Crippen MR) is 110 cm³/mol. The zero-order chi connectivity index (χ0) is 18.8. The minimum Gasteiger partial charge on any atom is -0.355 e. The molecule has 1 aromatic carbocycles. The summed E-state index contributed by atoms with van der Waals surface area (Å²) in [5, 5.41) is 4.89. The molecule has 0 saturated heterocycles. The van der Waals surface area contributed by atoms with Crippen molar-refractivity contribution in [2.45, 2.75) is 25.3 Å². The normalized spacial score (nSPS) is 11.3. The summed E-state index contributed by atoms with van der Waals surface area (Å²) >= 11 is 3.12. The molecule has 6 nitrogen and oxygen atoms in total. The molecule has 138 valence electrons. The van der Waals surface area contributed by atoms with E-state index in [1.807, 2.05) is 24.3 Å². The Morgan fingerprint density at radius 3 is 2.96 bits per heavy atom. The van der Waals surface area contributed by atoms with Gasteiger partial charge in [-0.1, -0.05) is 23.9 Å². The van der Waals surface area contributed by atoms with Crippen molar-refractivity contribution < 1.29 is 4.79 Å². The number of hydrogen-bond donors (Lipinski definition) is 2. The van der Waals surface area contributed by atoms with Crippen molar-refractivity contribution in [1.29, 1.82) is 0 Å². The van der Waals surface area contributed by atoms with Crippen LogP contribution in [-0.4, -0.2) is 38.1 Å². The molecule has 0 atom stereocenters. The van der Waals surface area contributed by atoms with Crippen molar-refractivity contribution >= 4 is 50.3 Å². The first-order chi connectivity index (χ1) is 13.1. The zero-order valence-corrected chi connectivity index (χ0v) is 16.7. The van der Waals surface area contributed by atoms with Gasteiger partial charge in [-0.2, -0.15) is 0 Å². The number of H-pyrrole nitrogens is 1. The van der Waals surface area contributed by atoms with Crippen LogP contribution in [0.25, 0.3) is 21.3 Å². The van der Waals surface area contributed by atoms with Crippen LogP contribution in [-0.2, 0) is 11.2 Å². The van der Waals surface area contributed by atoms with Crippen LogP contribution in [0.5, 0.6) is 0 Å². The van der Waals surface area contributed by atoms with Crippen molar-refractivity contribution in [3.8, 4) is 0 Å². The van der Waals surface area contributed by atoms with Crippen LogP contribution in [0, 0.1) is 13.8 Å². The highest BCUT2D eigenvalue weighted by Gasteiger charge is 2.13. The Kier molecular flexibility index (Phi) is 5.09. The first-order valence-electron chi connectivity index (χ1n) is 8.65. The molecule has 1 amide bonds. The van der Waals surface area contributed by atoms with Crippen LogP contribution in [0.4, 0.5) is 0 Å². The fourth-order valence-corrected chi connectivity index (χ4v) is 4.84. The summed E-state index contributed by atoms with van der Waals surface area (Å²) in [6.07, 6.45) is 2.24. The summed E-state index contributed by atoms with van der Waals surface area (Å²) in [4.78, 5) is 30.9. The van der Waals surface area contributed by atoms with Crippen LogP contribution in [0.3, 0.4) is 0 Å². The Morgan fingerprint density at radius 2 is 2.11 bits per heavy atom. The van der Waals surface area contributed by atoms with E-state index in [1.165, 1.54) is 22.2 Å². The molecule has 27 heavy (non-hydrogen) atoms. The number of aromatic nitrogens is 4. The van der Waals surface area contributed by atoms with Crippen LogP contribution in [0.1, 0.15) is 16.3 Å². The molecular formula is C19H19N5OS2. The number of nitrogens with zero attached hydrogens (tertiary/aromatic N) is 3. The second kappa shape index (κ2) is 7.66. The van der Waals surface area contributed by atoms with Gasteiger partial charge in [0.15, 0.2) is 0 Å². The topological polar surface area (TPSA) is 83.6 Å². The quantitative estimate of drug-likeness (QED) is 0.383. The number of para-hydroxylation sites is 2. The van der Waals surface area contributed by atoms with Gasteiger partial charge in [0.2, 0.25) is 5.91 Å². The lowest BCUT2D eigenvalue weighted by molar-refractivity contribution is -0.118. The Morgan fingerprint density at radius 1 is 1.26 bits per heavy atom. The fraction of sp³-hybridized carbons (Fsp3) is 0.263. The van der Waals surface area contributed by atoms with Crippen LogP contribution < -0.4 is 5.32 Å². The molecule has 0 spiro atoms. The minimum atomic E-state index is -0.00696. The maximum absolute atomic E-state index is 12.2. The minimum absolute atomic E-state index is 0.00696. The molecule has 0 unspecified atom stereocenters. The number of hydrogen-bond acceptors (Lipinski definition) is 6. The van der Waals surface area contributed by atoms with Crippen molar-refractivity contribution in [2.75, 3.05) is 12.3 Å². The van der Waals surface area contributed by atoms with Gasteiger partial charge in [-0.3, -0.25) is 4.79 Å². The molecule has 0 radical (unpaired) electrons. The summed E-state index contributed by atoms with van der Waals surface area (Å²) in [5.74, 6) is 1.21. The van der Waals surface area contributed by atoms with E-state index in [4.69, 9.17) is 0 Å². The summed E-state index contributed by atoms with van der Waals surface area (Å²) < 4.78 is 0. The van der Waals surface area contributed by atoms with E-state index in [0.717, 1.165) is 32.1 Å². The van der Waals surface area contributed by atoms with Gasteiger partial charge >= 0.3 is 0 Å². The number of thioether (sulfide) groups is 1. The summed E-state index contributed by atoms with van der Waals surface area (Å²) in [7, 11) is 0. The smallest absolute Gasteiger partial charge is 0.230 e. The number of rotatable bonds is 6. The van der Waals surface area contributed by atoms with E-state index < -0.39 is 0 Å². The molecule has 4 rings (SSSR count). The number of nitrogens with one attached hydrogen (secondary N) is 2. The number of carbonyl (C=O) groups is 1. The molecule has 3 aromatic heterocycles. The van der Waals surface area contributed by atoms with Crippen LogP contribution >= 0.6 is 23.1 Å². The van der Waals surface area contributed by atoms with E-state index in [1.54, 1.807) is 17.7 Å². The molecular weight excluding hydrogens is 378 g/mol. The SMILES string of the molecule is Cc1sc2ncnc(SCC(=O)NCCc3nc4ccccc4[nH]3)c2c1C. The Bertz CT molecular complexity index is 1080. The van der Waals surface area contributed by atoms with Gasteiger partial charge in [0.05, 0.1) is 16.8 Å². The first kappa shape index (κ1) is 17.9. The Labute approximate surface area is 164 Å². The highest BCUT2D eigenvalue weighted by Crippen LogP contribution is 2.34. The van der Waals surface area contributed by atoms with E-state index >= 15 is 0 Å². The largest absolute Gasteiger partial charge is 0.355 e. The van der Waals surface area contributed by atoms with Gasteiger partial charge in [0.1, 0.15) is 22.0 Å². The number of aryl methyl sites for hydroxylation is 2. The summed E-state index contributed by atoms with van der Waals surface area (Å²) in [6.45, 7) is 4.71. The third kappa shape index (κ3) is 3.81. The standard InChI is InChI=1S/C19H19N5OS2/c1-11-12(2)27-19-17(11)18(21-10-22-19)26-9-16(25)20-8-7-15-23-13-5-3-4-6-14(13)24-15/h3-6,10H,7-9H2,1-2H3,(H,20,25)(H,23,24). The summed E-state index contributed by atoms with van der Waals surface area (Å²) in [5.41, 5.74) is 3.16. The van der Waals surface area contributed by atoms with E-state index in [0.29, 0.717) is 18.7 Å². The zero-order valence-electron chi connectivity index (χ0n) is 15.1. The first-order valence-corrected chi connectivity index (χ1v) is 10.5. The van der Waals surface area contributed by atoms with Crippen molar-refractivity contribution in [3.63, 3.8) is 0 Å². The van der Waals surface area contributed by atoms with Gasteiger partial charge in [-0.15, -0.1) is 11.3 Å². The van der Waals surface area contributed by atoms with E-state index in [-0.39, 0.29) is 5.91 Å². The van der Waals surface area contributed by atoms with Gasteiger partial charge in [0.25, 0.3) is 0 Å². The van der Waals surface area contributed by atoms with Gasteiger partial charge in [-0.05, 0) is 31.5 Å². The molecule has 0 aliphatic heterocycles. The van der Waals surface area contributed by atoms with Crippen molar-refractivity contribution in [3.05, 3.63) is 46.9 Å². The second-order valence-electron chi connectivity index (χ2n) is 6.23. The maximum Gasteiger partial charge on any atom is 0.230 e. The Hall–Kier alpha value is -2.45. The number of carbonyl (C=O) groups excluding carboxylic acids is 1. The van der Waals surface area contributed by atoms with Gasteiger partial charge in [-0.25, -0.2) is 15.0 Å². The Balaban J connectivity index is 1.32. The number of imidazole rings is 1. The lowest BCUT2D eigenvalue weighted by atomic mass is 10.2. The summed E-state index contributed by atoms with van der Waals surface area (Å²) in [6, 6.07) is 7.91. The van der Waals surface area contributed by atoms with Crippen LogP contribution in [0.2, 0.25) is 0 Å². The van der Waals surface area contributed by atoms with Gasteiger partial charge < -0.3 is 10.3 Å². The average Bonchev–Trinajstić information content (AvgIpc) is 3.21. The van der Waals surface area contributed by atoms with E-state index in [9.17, 15) is 4.79 Å². The second-order valence-corrected chi connectivity index (χ2v) is 8.40. The van der Waals surface area contributed by atoms with E-state index in [2.05, 4.69) is 39.1 Å². The number of benzene rings is 1. The lowest BCUT2D eigenvalue weighted by Crippen LogP contribution is -2.27. The average molecular weight is 398 g/mol. The molecule has 3 heterocycles. The number of thiophene rings is 1. The number of amides is 1. The molecule has 8 heteroatoms. The lowest BCUT2D eigenvalue weighted by Gasteiger charge is -2.05. The number of fused-ring (bicyclic) bond motifs is 2. The monoisotopic (exact) mass is 397 g/mol. The van der Waals surface area contributed by atoms with Gasteiger partial charge in [0, 0.05) is 23.2 Å².